The van der Waals surface area contributed by atoms with Crippen molar-refractivity contribution in [3.8, 4) is 0 Å². The molecule has 1 saturated heterocycles. The number of hydrogen-bond acceptors (Lipinski definition) is 5. The highest BCUT2D eigenvalue weighted by atomic mass is 32.2. The topological polar surface area (TPSA) is 95.9 Å². The van der Waals surface area contributed by atoms with Gasteiger partial charge in [-0.3, -0.25) is 0 Å². The lowest BCUT2D eigenvalue weighted by molar-refractivity contribution is 0.129. The Morgan fingerprint density at radius 1 is 1.44 bits per heavy atom. The maximum absolute atomic E-state index is 11.9. The van der Waals surface area contributed by atoms with Crippen LogP contribution < -0.4 is 4.72 Å². The highest BCUT2D eigenvalue weighted by Crippen LogP contribution is 2.38. The number of hydrogen-bond donors (Lipinski definition) is 2. The fraction of sp³-hybridized carbons (Fsp3) is 0.900. The minimum Gasteiger partial charge on any atom is -0.449 e. The molecule has 0 radical (unpaired) electrons. The van der Waals surface area contributed by atoms with Crippen molar-refractivity contribution in [2.24, 2.45) is 11.8 Å². The molecule has 8 heteroatoms. The molecular formula is C10H18N2O5S. The number of aliphatic hydroxyl groups excluding tert-OH is 1. The quantitative estimate of drug-likeness (QED) is 0.737. The zero-order chi connectivity index (χ0) is 13.3. The minimum absolute atomic E-state index is 0.0104. The van der Waals surface area contributed by atoms with Gasteiger partial charge in [0.1, 0.15) is 0 Å². The summed E-state index contributed by atoms with van der Waals surface area (Å²) >= 11 is 0. The SMILES string of the molecule is CCOC(=O)NS(=O)(=O)N1CC2CCC(O)C2C1. The zero-order valence-corrected chi connectivity index (χ0v) is 11.0. The van der Waals surface area contributed by atoms with Crippen LogP contribution in [0.25, 0.3) is 0 Å². The van der Waals surface area contributed by atoms with Crippen molar-refractivity contribution >= 4 is 16.3 Å². The van der Waals surface area contributed by atoms with Gasteiger partial charge in [0.15, 0.2) is 0 Å². The summed E-state index contributed by atoms with van der Waals surface area (Å²) < 4.78 is 31.4. The number of carbonyl (C=O) groups excluding carboxylic acids is 1. The molecule has 0 aromatic heterocycles. The second-order valence-corrected chi connectivity index (χ2v) is 6.38. The van der Waals surface area contributed by atoms with Gasteiger partial charge in [-0.2, -0.15) is 12.7 Å². The normalized spacial score (nSPS) is 32.2. The first kappa shape index (κ1) is 13.6. The van der Waals surface area contributed by atoms with Crippen LogP contribution in [0.4, 0.5) is 4.79 Å². The average molecular weight is 278 g/mol. The Bertz CT molecular complexity index is 424. The molecule has 1 saturated carbocycles. The van der Waals surface area contributed by atoms with Crippen molar-refractivity contribution in [1.29, 1.82) is 0 Å². The maximum atomic E-state index is 11.9. The number of amides is 1. The molecule has 0 bridgehead atoms. The fourth-order valence-electron chi connectivity index (χ4n) is 2.72. The number of ether oxygens (including phenoxy) is 1. The second-order valence-electron chi connectivity index (χ2n) is 4.71. The van der Waals surface area contributed by atoms with E-state index in [9.17, 15) is 18.3 Å². The van der Waals surface area contributed by atoms with Crippen molar-refractivity contribution in [2.45, 2.75) is 25.9 Å². The Morgan fingerprint density at radius 3 is 2.78 bits per heavy atom. The average Bonchev–Trinajstić information content (AvgIpc) is 2.81. The van der Waals surface area contributed by atoms with E-state index in [0.717, 1.165) is 12.8 Å². The Hall–Kier alpha value is -0.860. The van der Waals surface area contributed by atoms with E-state index in [1.807, 2.05) is 4.72 Å². The van der Waals surface area contributed by atoms with E-state index in [4.69, 9.17) is 0 Å². The molecule has 0 spiro atoms. The molecule has 2 aliphatic rings. The lowest BCUT2D eigenvalue weighted by Gasteiger charge is -2.18. The Labute approximate surface area is 106 Å². The standard InChI is InChI=1S/C10H18N2O5S/c1-2-17-10(14)11-18(15,16)12-5-7-3-4-9(13)8(7)6-12/h7-9,13H,2-6H2,1H3,(H,11,14). The van der Waals surface area contributed by atoms with Crippen LogP contribution in [-0.2, 0) is 14.9 Å². The van der Waals surface area contributed by atoms with Gasteiger partial charge in [-0.1, -0.05) is 0 Å². The fourth-order valence-corrected chi connectivity index (χ4v) is 3.88. The molecule has 0 aromatic rings. The van der Waals surface area contributed by atoms with E-state index in [0.29, 0.717) is 6.54 Å². The summed E-state index contributed by atoms with van der Waals surface area (Å²) in [6, 6.07) is 0. The Kier molecular flexibility index (Phi) is 3.79. The van der Waals surface area contributed by atoms with E-state index in [1.165, 1.54) is 4.31 Å². The number of rotatable bonds is 3. The summed E-state index contributed by atoms with van der Waals surface area (Å²) in [5, 5.41) is 9.72. The van der Waals surface area contributed by atoms with Crippen molar-refractivity contribution in [1.82, 2.24) is 9.03 Å². The molecule has 2 rings (SSSR count). The molecule has 1 heterocycles. The molecule has 3 unspecified atom stereocenters. The Morgan fingerprint density at radius 2 is 2.17 bits per heavy atom. The first-order valence-corrected chi connectivity index (χ1v) is 7.50. The molecule has 7 nitrogen and oxygen atoms in total. The predicted molar refractivity (Wildman–Crippen MR) is 62.9 cm³/mol. The monoisotopic (exact) mass is 278 g/mol. The molecule has 2 N–H and O–H groups in total. The lowest BCUT2D eigenvalue weighted by atomic mass is 10.00. The van der Waals surface area contributed by atoms with E-state index >= 15 is 0 Å². The van der Waals surface area contributed by atoms with Gasteiger partial charge in [0.2, 0.25) is 0 Å². The van der Waals surface area contributed by atoms with E-state index in [1.54, 1.807) is 6.92 Å². The Balaban J connectivity index is 1.98. The highest BCUT2D eigenvalue weighted by molar-refractivity contribution is 7.87. The second kappa shape index (κ2) is 5.02. The van der Waals surface area contributed by atoms with Gasteiger partial charge in [0.25, 0.3) is 0 Å². The molecule has 104 valence electrons. The van der Waals surface area contributed by atoms with Crippen molar-refractivity contribution < 1.29 is 23.1 Å². The van der Waals surface area contributed by atoms with Crippen molar-refractivity contribution in [3.63, 3.8) is 0 Å². The van der Waals surface area contributed by atoms with Gasteiger partial charge in [0.05, 0.1) is 12.7 Å². The lowest BCUT2D eigenvalue weighted by Crippen LogP contribution is -2.43. The number of carbonyl (C=O) groups is 1. The largest absolute Gasteiger partial charge is 0.449 e. The highest BCUT2D eigenvalue weighted by Gasteiger charge is 2.45. The van der Waals surface area contributed by atoms with Crippen LogP contribution in [0.2, 0.25) is 0 Å². The summed E-state index contributed by atoms with van der Waals surface area (Å²) in [4.78, 5) is 11.1. The number of aliphatic hydroxyl groups is 1. The summed E-state index contributed by atoms with van der Waals surface area (Å²) in [6.45, 7) is 2.34. The minimum atomic E-state index is -3.85. The molecule has 0 aromatic carbocycles. The van der Waals surface area contributed by atoms with E-state index < -0.39 is 22.4 Å². The van der Waals surface area contributed by atoms with Gasteiger partial charge < -0.3 is 9.84 Å². The molecule has 18 heavy (non-hydrogen) atoms. The first-order valence-electron chi connectivity index (χ1n) is 6.06. The number of fused-ring (bicyclic) bond motifs is 1. The van der Waals surface area contributed by atoms with Gasteiger partial charge in [-0.15, -0.1) is 0 Å². The van der Waals surface area contributed by atoms with Crippen molar-refractivity contribution in [3.05, 3.63) is 0 Å². The molecule has 1 amide bonds. The van der Waals surface area contributed by atoms with Crippen LogP contribution in [0, 0.1) is 11.8 Å². The van der Waals surface area contributed by atoms with Crippen LogP contribution >= 0.6 is 0 Å². The third-order valence-electron chi connectivity index (χ3n) is 3.61. The number of nitrogens with zero attached hydrogens (tertiary/aromatic N) is 1. The van der Waals surface area contributed by atoms with Gasteiger partial charge >= 0.3 is 16.3 Å². The summed E-state index contributed by atoms with van der Waals surface area (Å²) in [6.07, 6.45) is 0.166. The summed E-state index contributed by atoms with van der Waals surface area (Å²) in [5.74, 6) is 0.183. The molecule has 1 aliphatic heterocycles. The van der Waals surface area contributed by atoms with E-state index in [-0.39, 0.29) is 25.0 Å². The van der Waals surface area contributed by atoms with Crippen LogP contribution in [-0.4, -0.2) is 49.7 Å². The molecule has 3 atom stereocenters. The summed E-state index contributed by atoms with van der Waals surface area (Å²) in [7, 11) is -3.85. The van der Waals surface area contributed by atoms with Gasteiger partial charge in [-0.25, -0.2) is 9.52 Å². The molecular weight excluding hydrogens is 260 g/mol. The zero-order valence-electron chi connectivity index (χ0n) is 10.2. The predicted octanol–water partition coefficient (Wildman–Crippen LogP) is -0.320. The first-order chi connectivity index (χ1) is 8.44. The third kappa shape index (κ3) is 2.60. The molecule has 1 aliphatic carbocycles. The maximum Gasteiger partial charge on any atom is 0.421 e. The van der Waals surface area contributed by atoms with Crippen LogP contribution in [0.1, 0.15) is 19.8 Å². The third-order valence-corrected chi connectivity index (χ3v) is 5.02. The smallest absolute Gasteiger partial charge is 0.421 e. The van der Waals surface area contributed by atoms with Crippen LogP contribution in [0.3, 0.4) is 0 Å². The summed E-state index contributed by atoms with van der Waals surface area (Å²) in [5.41, 5.74) is 0. The van der Waals surface area contributed by atoms with E-state index in [2.05, 4.69) is 4.74 Å². The van der Waals surface area contributed by atoms with Crippen molar-refractivity contribution in [2.75, 3.05) is 19.7 Å². The molecule has 2 fully saturated rings. The van der Waals surface area contributed by atoms with Crippen LogP contribution in [0.15, 0.2) is 0 Å². The van der Waals surface area contributed by atoms with Gasteiger partial charge in [-0.05, 0) is 25.7 Å². The number of nitrogens with one attached hydrogen (secondary N) is 1. The van der Waals surface area contributed by atoms with Crippen LogP contribution in [0.5, 0.6) is 0 Å². The van der Waals surface area contributed by atoms with Gasteiger partial charge in [0, 0.05) is 19.0 Å².